The normalized spacial score (nSPS) is 10.3. The van der Waals surface area contributed by atoms with Gasteiger partial charge >= 0.3 is 0 Å². The average molecular weight is 267 g/mol. The molecule has 0 aliphatic rings. The predicted octanol–water partition coefficient (Wildman–Crippen LogP) is 3.78. The van der Waals surface area contributed by atoms with Gasteiger partial charge in [0.2, 0.25) is 0 Å². The number of H-pyrrole nitrogens is 1. The summed E-state index contributed by atoms with van der Waals surface area (Å²) in [5.41, 5.74) is 2.97. The van der Waals surface area contributed by atoms with Crippen molar-refractivity contribution in [2.24, 2.45) is 0 Å². The Morgan fingerprint density at radius 1 is 1.29 bits per heavy atom. The van der Waals surface area contributed by atoms with Gasteiger partial charge in [-0.15, -0.1) is 0 Å². The van der Waals surface area contributed by atoms with Crippen LogP contribution in [0.25, 0.3) is 11.1 Å². The topological polar surface area (TPSA) is 37.9 Å². The first-order chi connectivity index (χ1) is 8.11. The van der Waals surface area contributed by atoms with Crippen LogP contribution in [0, 0.1) is 11.6 Å². The number of benzene rings is 1. The number of methoxy groups -OCH3 is 1. The van der Waals surface area contributed by atoms with E-state index in [4.69, 9.17) is 28.6 Å². The minimum Gasteiger partial charge on any atom is -0.497 e. The Bertz CT molecular complexity index is 610. The quantitative estimate of drug-likeness (QED) is 0.841. The summed E-state index contributed by atoms with van der Waals surface area (Å²) in [6.45, 7) is 2.00. The lowest BCUT2D eigenvalue weighted by Gasteiger charge is -2.08. The van der Waals surface area contributed by atoms with Gasteiger partial charge < -0.3 is 4.74 Å². The van der Waals surface area contributed by atoms with Crippen LogP contribution in [0.5, 0.6) is 5.75 Å². The zero-order valence-corrected chi connectivity index (χ0v) is 11.0. The number of nitrogens with zero attached hydrogens (tertiary/aromatic N) is 1. The molecule has 2 aromatic rings. The fraction of sp³-hybridized carbons (Fsp3) is 0.167. The van der Waals surface area contributed by atoms with Crippen molar-refractivity contribution >= 4 is 23.8 Å². The number of nitrogens with one attached hydrogen (secondary N) is 1. The fourth-order valence-corrected chi connectivity index (χ4v) is 2.01. The molecule has 0 aliphatic carbocycles. The van der Waals surface area contributed by atoms with E-state index in [0.29, 0.717) is 9.79 Å². The molecule has 0 fully saturated rings. The number of aromatic amines is 1. The van der Waals surface area contributed by atoms with E-state index in [9.17, 15) is 0 Å². The van der Waals surface area contributed by atoms with E-state index in [1.165, 1.54) is 0 Å². The first kappa shape index (κ1) is 12.1. The summed E-state index contributed by atoms with van der Waals surface area (Å²) in [7, 11) is 1.64. The van der Waals surface area contributed by atoms with Crippen LogP contribution in [0.1, 0.15) is 5.56 Å². The molecule has 5 heteroatoms. The summed E-state index contributed by atoms with van der Waals surface area (Å²) >= 11 is 11.1. The van der Waals surface area contributed by atoms with Crippen LogP contribution in [0.2, 0.25) is 5.15 Å². The monoisotopic (exact) mass is 266 g/mol. The highest BCUT2D eigenvalue weighted by Gasteiger charge is 2.06. The van der Waals surface area contributed by atoms with Crippen LogP contribution < -0.4 is 4.74 Å². The number of aromatic nitrogens is 2. The van der Waals surface area contributed by atoms with Gasteiger partial charge in [0.25, 0.3) is 0 Å². The van der Waals surface area contributed by atoms with E-state index >= 15 is 0 Å². The number of hydrogen-bond donors (Lipinski definition) is 1. The largest absolute Gasteiger partial charge is 0.497 e. The van der Waals surface area contributed by atoms with E-state index < -0.39 is 0 Å². The highest BCUT2D eigenvalue weighted by atomic mass is 35.5. The summed E-state index contributed by atoms with van der Waals surface area (Å²) in [6, 6.07) is 7.57. The average Bonchev–Trinajstić information content (AvgIpc) is 2.32. The molecule has 0 radical (unpaired) electrons. The Kier molecular flexibility index (Phi) is 3.45. The minimum atomic E-state index is 0.392. The van der Waals surface area contributed by atoms with Crippen LogP contribution >= 0.6 is 23.8 Å². The van der Waals surface area contributed by atoms with E-state index in [1.54, 1.807) is 13.2 Å². The van der Waals surface area contributed by atoms with Crippen molar-refractivity contribution in [1.29, 1.82) is 0 Å². The van der Waals surface area contributed by atoms with Crippen molar-refractivity contribution in [2.75, 3.05) is 7.11 Å². The SMILES string of the molecule is COc1ccc(-c2cc(Cl)n[nH]c2=S)c(C)c1. The summed E-state index contributed by atoms with van der Waals surface area (Å²) in [4.78, 5) is 0. The number of aryl methyl sites for hydroxylation is 1. The molecule has 0 spiro atoms. The Morgan fingerprint density at radius 3 is 2.71 bits per heavy atom. The molecule has 1 N–H and O–H groups in total. The predicted molar refractivity (Wildman–Crippen MR) is 71.2 cm³/mol. The van der Waals surface area contributed by atoms with Crippen LogP contribution in [0.4, 0.5) is 0 Å². The van der Waals surface area contributed by atoms with Gasteiger partial charge in [-0.2, -0.15) is 5.10 Å². The molecule has 1 aromatic heterocycles. The van der Waals surface area contributed by atoms with E-state index in [2.05, 4.69) is 10.2 Å². The number of ether oxygens (including phenoxy) is 1. The van der Waals surface area contributed by atoms with Crippen LogP contribution in [-0.4, -0.2) is 17.3 Å². The van der Waals surface area contributed by atoms with E-state index in [1.807, 2.05) is 25.1 Å². The molecule has 88 valence electrons. The van der Waals surface area contributed by atoms with Crippen LogP contribution in [-0.2, 0) is 0 Å². The second-order valence-electron chi connectivity index (χ2n) is 3.61. The molecule has 2 rings (SSSR count). The zero-order valence-electron chi connectivity index (χ0n) is 9.45. The lowest BCUT2D eigenvalue weighted by molar-refractivity contribution is 0.414. The summed E-state index contributed by atoms with van der Waals surface area (Å²) in [6.07, 6.45) is 0. The number of rotatable bonds is 2. The molecule has 0 amide bonds. The van der Waals surface area contributed by atoms with Crippen LogP contribution in [0.15, 0.2) is 24.3 Å². The fourth-order valence-electron chi connectivity index (χ4n) is 1.65. The third kappa shape index (κ3) is 2.48. The van der Waals surface area contributed by atoms with Crippen molar-refractivity contribution in [2.45, 2.75) is 6.92 Å². The maximum Gasteiger partial charge on any atom is 0.150 e. The molecule has 0 saturated heterocycles. The Labute approximate surface area is 109 Å². The molecular weight excluding hydrogens is 256 g/mol. The third-order valence-corrected chi connectivity index (χ3v) is 3.00. The van der Waals surface area contributed by atoms with Gasteiger partial charge in [-0.25, -0.2) is 0 Å². The second kappa shape index (κ2) is 4.85. The van der Waals surface area contributed by atoms with Gasteiger partial charge in [-0.05, 0) is 36.2 Å². The highest BCUT2D eigenvalue weighted by Crippen LogP contribution is 2.28. The second-order valence-corrected chi connectivity index (χ2v) is 4.41. The summed E-state index contributed by atoms with van der Waals surface area (Å²) in [5, 5.41) is 6.96. The Hall–Kier alpha value is -1.39. The molecule has 0 unspecified atom stereocenters. The van der Waals surface area contributed by atoms with Gasteiger partial charge in [0.1, 0.15) is 15.5 Å². The zero-order chi connectivity index (χ0) is 12.4. The summed E-state index contributed by atoms with van der Waals surface area (Å²) < 4.78 is 5.74. The van der Waals surface area contributed by atoms with Crippen molar-refractivity contribution in [3.8, 4) is 16.9 Å². The van der Waals surface area contributed by atoms with Crippen molar-refractivity contribution in [3.05, 3.63) is 39.6 Å². The summed E-state index contributed by atoms with van der Waals surface area (Å²) in [5.74, 6) is 0.821. The molecule has 0 atom stereocenters. The van der Waals surface area contributed by atoms with Crippen molar-refractivity contribution in [1.82, 2.24) is 10.2 Å². The van der Waals surface area contributed by atoms with Gasteiger partial charge in [-0.3, -0.25) is 5.10 Å². The van der Waals surface area contributed by atoms with Gasteiger partial charge in [0.15, 0.2) is 0 Å². The smallest absolute Gasteiger partial charge is 0.150 e. The van der Waals surface area contributed by atoms with Gasteiger partial charge in [0.05, 0.1) is 7.11 Å². The molecular formula is C12H11ClN2OS. The highest BCUT2D eigenvalue weighted by molar-refractivity contribution is 7.71. The lowest BCUT2D eigenvalue weighted by Crippen LogP contribution is -1.91. The van der Waals surface area contributed by atoms with Crippen molar-refractivity contribution in [3.63, 3.8) is 0 Å². The molecule has 0 bridgehead atoms. The lowest BCUT2D eigenvalue weighted by atomic mass is 10.0. The molecule has 0 aliphatic heterocycles. The first-order valence-electron chi connectivity index (χ1n) is 5.02. The third-order valence-electron chi connectivity index (χ3n) is 2.50. The standard InChI is InChI=1S/C12H11ClN2OS/c1-7-5-8(16-2)3-4-9(7)10-6-11(13)14-15-12(10)17/h3-6H,1-2H3,(H,15,17). The van der Waals surface area contributed by atoms with Gasteiger partial charge in [0, 0.05) is 5.56 Å². The van der Waals surface area contributed by atoms with Gasteiger partial charge in [-0.1, -0.05) is 29.9 Å². The molecule has 3 nitrogen and oxygen atoms in total. The maximum absolute atomic E-state index is 5.86. The van der Waals surface area contributed by atoms with E-state index in [0.717, 1.165) is 22.4 Å². The Balaban J connectivity index is 2.60. The maximum atomic E-state index is 5.86. The van der Waals surface area contributed by atoms with Crippen LogP contribution in [0.3, 0.4) is 0 Å². The number of halogens is 1. The first-order valence-corrected chi connectivity index (χ1v) is 5.80. The minimum absolute atomic E-state index is 0.392. The molecule has 1 aromatic carbocycles. The van der Waals surface area contributed by atoms with E-state index in [-0.39, 0.29) is 0 Å². The van der Waals surface area contributed by atoms with Crippen molar-refractivity contribution < 1.29 is 4.74 Å². The Morgan fingerprint density at radius 2 is 2.06 bits per heavy atom. The molecule has 17 heavy (non-hydrogen) atoms. The molecule has 1 heterocycles. The number of hydrogen-bond acceptors (Lipinski definition) is 3. The molecule has 0 saturated carbocycles.